The summed E-state index contributed by atoms with van der Waals surface area (Å²) in [4.78, 5) is 18.4. The third-order valence-corrected chi connectivity index (χ3v) is 3.72. The normalized spacial score (nSPS) is 14.2. The van der Waals surface area contributed by atoms with E-state index in [9.17, 15) is 4.79 Å². The number of nitrogens with zero attached hydrogens (tertiary/aromatic N) is 2. The van der Waals surface area contributed by atoms with E-state index in [0.29, 0.717) is 5.69 Å². The number of nitrogen functional groups attached to an aromatic ring is 1. The molecule has 2 N–H and O–H groups in total. The second-order valence-electron chi connectivity index (χ2n) is 5.06. The fraction of sp³-hybridized carbons (Fsp3) is 0.250. The van der Waals surface area contributed by atoms with E-state index in [0.717, 1.165) is 37.1 Å². The molecule has 1 amide bonds. The largest absolute Gasteiger partial charge is 0.399 e. The number of anilines is 1. The summed E-state index contributed by atoms with van der Waals surface area (Å²) in [5.41, 5.74) is 9.48. The molecule has 0 unspecified atom stereocenters. The van der Waals surface area contributed by atoms with Crippen molar-refractivity contribution >= 4 is 11.6 Å². The third-order valence-electron chi connectivity index (χ3n) is 3.72. The molecule has 1 aliphatic heterocycles. The fourth-order valence-corrected chi connectivity index (χ4v) is 2.57. The summed E-state index contributed by atoms with van der Waals surface area (Å²) in [6.45, 7) is 1.51. The molecule has 20 heavy (non-hydrogen) atoms. The van der Waals surface area contributed by atoms with E-state index in [2.05, 4.69) is 4.98 Å². The third kappa shape index (κ3) is 2.50. The van der Waals surface area contributed by atoms with Crippen LogP contribution in [-0.4, -0.2) is 28.9 Å². The Bertz CT molecular complexity index is 625. The standard InChI is InChI=1S/C16H17N3O/c17-14-2-1-13-6-10-19(16(20)15(13)11-14)9-5-12-3-7-18-8-4-12/h1-4,7-8,11H,5-6,9-10,17H2. The molecule has 0 radical (unpaired) electrons. The molecule has 0 saturated carbocycles. The van der Waals surface area contributed by atoms with Crippen LogP contribution in [0.5, 0.6) is 0 Å². The first-order chi connectivity index (χ1) is 9.74. The van der Waals surface area contributed by atoms with Gasteiger partial charge in [-0.15, -0.1) is 0 Å². The quantitative estimate of drug-likeness (QED) is 0.864. The Balaban J connectivity index is 1.72. The van der Waals surface area contributed by atoms with Crippen molar-refractivity contribution in [2.24, 2.45) is 0 Å². The fourth-order valence-electron chi connectivity index (χ4n) is 2.57. The number of fused-ring (bicyclic) bond motifs is 1. The van der Waals surface area contributed by atoms with Crippen LogP contribution in [0.25, 0.3) is 0 Å². The van der Waals surface area contributed by atoms with Crippen LogP contribution in [-0.2, 0) is 12.8 Å². The summed E-state index contributed by atoms with van der Waals surface area (Å²) in [6.07, 6.45) is 5.32. The number of nitrogens with two attached hydrogens (primary N) is 1. The zero-order valence-electron chi connectivity index (χ0n) is 11.2. The van der Waals surface area contributed by atoms with Crippen LogP contribution in [0.1, 0.15) is 21.5 Å². The minimum atomic E-state index is 0.0904. The lowest BCUT2D eigenvalue weighted by molar-refractivity contribution is 0.0742. The first-order valence-electron chi connectivity index (χ1n) is 6.80. The summed E-state index contributed by atoms with van der Waals surface area (Å²) in [5.74, 6) is 0.0904. The van der Waals surface area contributed by atoms with Gasteiger partial charge in [0.1, 0.15) is 0 Å². The van der Waals surface area contributed by atoms with Crippen LogP contribution < -0.4 is 5.73 Å². The Kier molecular flexibility index (Phi) is 3.37. The molecule has 1 aromatic heterocycles. The van der Waals surface area contributed by atoms with Crippen molar-refractivity contribution in [2.75, 3.05) is 18.8 Å². The van der Waals surface area contributed by atoms with Crippen molar-refractivity contribution in [1.29, 1.82) is 0 Å². The molecule has 102 valence electrons. The van der Waals surface area contributed by atoms with Gasteiger partial charge in [-0.1, -0.05) is 6.07 Å². The van der Waals surface area contributed by atoms with Crippen LogP contribution in [0.2, 0.25) is 0 Å². The summed E-state index contributed by atoms with van der Waals surface area (Å²) >= 11 is 0. The Morgan fingerprint density at radius 2 is 2.00 bits per heavy atom. The first kappa shape index (κ1) is 12.7. The number of amides is 1. The molecule has 4 heteroatoms. The second kappa shape index (κ2) is 5.33. The molecule has 0 aliphatic carbocycles. The van der Waals surface area contributed by atoms with E-state index in [1.54, 1.807) is 18.5 Å². The number of hydrogen-bond donors (Lipinski definition) is 1. The van der Waals surface area contributed by atoms with Gasteiger partial charge in [0.05, 0.1) is 0 Å². The van der Waals surface area contributed by atoms with Crippen molar-refractivity contribution in [3.8, 4) is 0 Å². The number of benzene rings is 1. The van der Waals surface area contributed by atoms with E-state index < -0.39 is 0 Å². The molecular weight excluding hydrogens is 250 g/mol. The van der Waals surface area contributed by atoms with E-state index in [4.69, 9.17) is 5.73 Å². The molecule has 0 bridgehead atoms. The van der Waals surface area contributed by atoms with Gasteiger partial charge in [-0.3, -0.25) is 9.78 Å². The van der Waals surface area contributed by atoms with Crippen LogP contribution in [0.4, 0.5) is 5.69 Å². The van der Waals surface area contributed by atoms with Gasteiger partial charge in [-0.25, -0.2) is 0 Å². The summed E-state index contributed by atoms with van der Waals surface area (Å²) in [7, 11) is 0. The molecular formula is C16H17N3O. The van der Waals surface area contributed by atoms with Gasteiger partial charge < -0.3 is 10.6 Å². The Hall–Kier alpha value is -2.36. The molecule has 2 heterocycles. The molecule has 0 atom stereocenters. The highest BCUT2D eigenvalue weighted by Crippen LogP contribution is 2.21. The first-order valence-corrected chi connectivity index (χ1v) is 6.80. The highest BCUT2D eigenvalue weighted by molar-refractivity contribution is 5.97. The van der Waals surface area contributed by atoms with Crippen LogP contribution in [0, 0.1) is 0 Å². The maximum absolute atomic E-state index is 12.4. The molecule has 1 aromatic carbocycles. The predicted octanol–water partition coefficient (Wildman–Crippen LogP) is 1.90. The number of aromatic nitrogens is 1. The van der Waals surface area contributed by atoms with E-state index in [1.165, 1.54) is 5.56 Å². The van der Waals surface area contributed by atoms with Crippen molar-refractivity contribution in [3.05, 3.63) is 59.4 Å². The molecule has 1 aliphatic rings. The molecule has 0 saturated heterocycles. The zero-order valence-corrected chi connectivity index (χ0v) is 11.2. The average Bonchev–Trinajstić information content (AvgIpc) is 2.48. The SMILES string of the molecule is Nc1ccc2c(c1)C(=O)N(CCc1ccncc1)CC2. The van der Waals surface area contributed by atoms with Crippen molar-refractivity contribution < 1.29 is 4.79 Å². The minimum absolute atomic E-state index is 0.0904. The van der Waals surface area contributed by atoms with Gasteiger partial charge in [0.25, 0.3) is 5.91 Å². The molecule has 0 spiro atoms. The summed E-state index contributed by atoms with van der Waals surface area (Å²) in [5, 5.41) is 0. The molecule has 2 aromatic rings. The van der Waals surface area contributed by atoms with Crippen LogP contribution >= 0.6 is 0 Å². The Morgan fingerprint density at radius 1 is 1.20 bits per heavy atom. The maximum atomic E-state index is 12.4. The van der Waals surface area contributed by atoms with Gasteiger partial charge in [0.2, 0.25) is 0 Å². The molecule has 0 fully saturated rings. The number of hydrogen-bond acceptors (Lipinski definition) is 3. The highest BCUT2D eigenvalue weighted by atomic mass is 16.2. The van der Waals surface area contributed by atoms with Gasteiger partial charge >= 0.3 is 0 Å². The van der Waals surface area contributed by atoms with Gasteiger partial charge in [0, 0.05) is 36.7 Å². The Labute approximate surface area is 118 Å². The second-order valence-corrected chi connectivity index (χ2v) is 5.06. The zero-order chi connectivity index (χ0) is 13.9. The lowest BCUT2D eigenvalue weighted by Crippen LogP contribution is -2.38. The lowest BCUT2D eigenvalue weighted by atomic mass is 9.98. The monoisotopic (exact) mass is 267 g/mol. The van der Waals surface area contributed by atoms with E-state index in [1.807, 2.05) is 29.2 Å². The molecule has 3 rings (SSSR count). The minimum Gasteiger partial charge on any atom is -0.399 e. The van der Waals surface area contributed by atoms with Gasteiger partial charge in [0.15, 0.2) is 0 Å². The van der Waals surface area contributed by atoms with Crippen molar-refractivity contribution in [1.82, 2.24) is 9.88 Å². The lowest BCUT2D eigenvalue weighted by Gasteiger charge is -2.28. The number of carbonyl (C=O) groups excluding carboxylic acids is 1. The van der Waals surface area contributed by atoms with E-state index >= 15 is 0 Å². The number of pyridine rings is 1. The van der Waals surface area contributed by atoms with Crippen molar-refractivity contribution in [2.45, 2.75) is 12.8 Å². The van der Waals surface area contributed by atoms with Crippen molar-refractivity contribution in [3.63, 3.8) is 0 Å². The summed E-state index contributed by atoms with van der Waals surface area (Å²) in [6, 6.07) is 9.58. The van der Waals surface area contributed by atoms with Crippen LogP contribution in [0.3, 0.4) is 0 Å². The maximum Gasteiger partial charge on any atom is 0.254 e. The van der Waals surface area contributed by atoms with Gasteiger partial charge in [-0.2, -0.15) is 0 Å². The number of rotatable bonds is 3. The van der Waals surface area contributed by atoms with Crippen LogP contribution in [0.15, 0.2) is 42.7 Å². The smallest absolute Gasteiger partial charge is 0.254 e. The number of carbonyl (C=O) groups is 1. The topological polar surface area (TPSA) is 59.2 Å². The predicted molar refractivity (Wildman–Crippen MR) is 78.4 cm³/mol. The Morgan fingerprint density at radius 3 is 2.80 bits per heavy atom. The van der Waals surface area contributed by atoms with E-state index in [-0.39, 0.29) is 5.91 Å². The average molecular weight is 267 g/mol. The molecule has 4 nitrogen and oxygen atoms in total. The summed E-state index contributed by atoms with van der Waals surface area (Å²) < 4.78 is 0. The highest BCUT2D eigenvalue weighted by Gasteiger charge is 2.23. The van der Waals surface area contributed by atoms with Gasteiger partial charge in [-0.05, 0) is 48.2 Å².